The summed E-state index contributed by atoms with van der Waals surface area (Å²) in [6, 6.07) is 4.25. The Morgan fingerprint density at radius 1 is 1.28 bits per heavy atom. The lowest BCUT2D eigenvalue weighted by Gasteiger charge is -2.11. The summed E-state index contributed by atoms with van der Waals surface area (Å²) in [5.74, 6) is 3.14. The molecule has 0 atom stereocenters. The Bertz CT molecular complexity index is 587. The maximum atomic E-state index is 5.26. The number of aromatic nitrogens is 4. The molecule has 18 heavy (non-hydrogen) atoms. The molecule has 0 unspecified atom stereocenters. The minimum absolute atomic E-state index is 0.560. The van der Waals surface area contributed by atoms with Gasteiger partial charge in [0.2, 0.25) is 5.16 Å². The van der Waals surface area contributed by atoms with Crippen LogP contribution in [0.25, 0.3) is 5.69 Å². The Kier molecular flexibility index (Phi) is 3.68. The highest BCUT2D eigenvalue weighted by atomic mass is 32.2. The standard InChI is InChI=1S/C13H14N4S/c1-5-6-18-13-14-15-16-17(13)12-10(3)7-9(2)8-11(12)4/h1,7-8H,6H2,2-4H3. The van der Waals surface area contributed by atoms with Gasteiger partial charge in [-0.25, -0.2) is 0 Å². The van der Waals surface area contributed by atoms with Gasteiger partial charge in [0, 0.05) is 0 Å². The number of benzene rings is 1. The van der Waals surface area contributed by atoms with E-state index >= 15 is 0 Å². The minimum Gasteiger partial charge on any atom is -0.187 e. The molecular weight excluding hydrogens is 244 g/mol. The number of hydrogen-bond donors (Lipinski definition) is 0. The van der Waals surface area contributed by atoms with Gasteiger partial charge in [-0.05, 0) is 42.3 Å². The Balaban J connectivity index is 2.50. The van der Waals surface area contributed by atoms with Gasteiger partial charge < -0.3 is 0 Å². The van der Waals surface area contributed by atoms with Gasteiger partial charge in [-0.1, -0.05) is 35.4 Å². The molecule has 1 heterocycles. The van der Waals surface area contributed by atoms with Crippen LogP contribution in [0.5, 0.6) is 0 Å². The minimum atomic E-state index is 0.560. The van der Waals surface area contributed by atoms with Gasteiger partial charge in [0.05, 0.1) is 11.4 Å². The molecule has 92 valence electrons. The molecular formula is C13H14N4S. The molecule has 0 saturated carbocycles. The van der Waals surface area contributed by atoms with E-state index in [0.29, 0.717) is 5.75 Å². The largest absolute Gasteiger partial charge is 0.215 e. The number of aryl methyl sites for hydroxylation is 3. The zero-order chi connectivity index (χ0) is 13.1. The Morgan fingerprint density at radius 3 is 2.56 bits per heavy atom. The van der Waals surface area contributed by atoms with E-state index in [9.17, 15) is 0 Å². The topological polar surface area (TPSA) is 43.6 Å². The van der Waals surface area contributed by atoms with Crippen molar-refractivity contribution >= 4 is 11.8 Å². The van der Waals surface area contributed by atoms with Crippen molar-refractivity contribution in [2.45, 2.75) is 25.9 Å². The van der Waals surface area contributed by atoms with Gasteiger partial charge in [-0.15, -0.1) is 11.5 Å². The molecule has 0 saturated heterocycles. The van der Waals surface area contributed by atoms with E-state index in [4.69, 9.17) is 6.42 Å². The van der Waals surface area contributed by atoms with Gasteiger partial charge in [-0.2, -0.15) is 4.68 Å². The van der Waals surface area contributed by atoms with Crippen molar-refractivity contribution in [1.29, 1.82) is 0 Å². The van der Waals surface area contributed by atoms with Crippen molar-refractivity contribution in [1.82, 2.24) is 20.2 Å². The summed E-state index contributed by atoms with van der Waals surface area (Å²) in [6.45, 7) is 6.21. The lowest BCUT2D eigenvalue weighted by Crippen LogP contribution is -2.04. The van der Waals surface area contributed by atoms with E-state index in [1.54, 1.807) is 4.68 Å². The number of tetrazole rings is 1. The zero-order valence-electron chi connectivity index (χ0n) is 10.6. The van der Waals surface area contributed by atoms with E-state index in [1.165, 1.54) is 17.3 Å². The molecule has 0 spiro atoms. The van der Waals surface area contributed by atoms with E-state index in [2.05, 4.69) is 54.3 Å². The number of terminal acetylenes is 1. The van der Waals surface area contributed by atoms with Gasteiger partial charge in [0.1, 0.15) is 0 Å². The Hall–Kier alpha value is -1.80. The summed E-state index contributed by atoms with van der Waals surface area (Å²) < 4.78 is 1.76. The van der Waals surface area contributed by atoms with Crippen molar-refractivity contribution in [3.63, 3.8) is 0 Å². The maximum Gasteiger partial charge on any atom is 0.215 e. The van der Waals surface area contributed by atoms with E-state index in [1.807, 2.05) is 0 Å². The van der Waals surface area contributed by atoms with Crippen LogP contribution in [0, 0.1) is 33.1 Å². The SMILES string of the molecule is C#CCSc1nnnn1-c1c(C)cc(C)cc1C. The second-order valence-corrected chi connectivity index (χ2v) is 5.06. The molecule has 0 amide bonds. The van der Waals surface area contributed by atoms with Crippen LogP contribution in [0.3, 0.4) is 0 Å². The number of hydrogen-bond acceptors (Lipinski definition) is 4. The molecule has 2 aromatic rings. The molecule has 1 aromatic carbocycles. The van der Waals surface area contributed by atoms with E-state index in [0.717, 1.165) is 22.0 Å². The summed E-state index contributed by atoms with van der Waals surface area (Å²) in [4.78, 5) is 0. The molecule has 5 heteroatoms. The van der Waals surface area contributed by atoms with Gasteiger partial charge in [-0.3, -0.25) is 0 Å². The molecule has 0 radical (unpaired) electrons. The fourth-order valence-electron chi connectivity index (χ4n) is 2.02. The fraction of sp³-hybridized carbons (Fsp3) is 0.308. The fourth-order valence-corrected chi connectivity index (χ4v) is 2.58. The summed E-state index contributed by atoms with van der Waals surface area (Å²) in [5, 5.41) is 12.5. The predicted molar refractivity (Wildman–Crippen MR) is 72.9 cm³/mol. The number of thioether (sulfide) groups is 1. The lowest BCUT2D eigenvalue weighted by molar-refractivity contribution is 0.747. The third-order valence-electron chi connectivity index (χ3n) is 2.57. The van der Waals surface area contributed by atoms with Crippen LogP contribution in [0.1, 0.15) is 16.7 Å². The summed E-state index contributed by atoms with van der Waals surface area (Å²) in [5.41, 5.74) is 4.58. The molecule has 0 N–H and O–H groups in total. The van der Waals surface area contributed by atoms with Gasteiger partial charge in [0.25, 0.3) is 0 Å². The lowest BCUT2D eigenvalue weighted by atomic mass is 10.1. The van der Waals surface area contributed by atoms with Crippen LogP contribution in [0.2, 0.25) is 0 Å². The van der Waals surface area contributed by atoms with Crippen LogP contribution in [0.15, 0.2) is 17.3 Å². The van der Waals surface area contributed by atoms with Crippen LogP contribution < -0.4 is 0 Å². The highest BCUT2D eigenvalue weighted by Crippen LogP contribution is 2.24. The van der Waals surface area contributed by atoms with Crippen molar-refractivity contribution in [2.24, 2.45) is 0 Å². The Labute approximate surface area is 111 Å². The molecule has 0 bridgehead atoms. The smallest absolute Gasteiger partial charge is 0.187 e. The first-order chi connectivity index (χ1) is 8.63. The molecule has 0 aliphatic rings. The van der Waals surface area contributed by atoms with E-state index in [-0.39, 0.29) is 0 Å². The van der Waals surface area contributed by atoms with Crippen LogP contribution in [-0.4, -0.2) is 26.0 Å². The number of rotatable bonds is 3. The van der Waals surface area contributed by atoms with Crippen LogP contribution >= 0.6 is 11.8 Å². The monoisotopic (exact) mass is 258 g/mol. The zero-order valence-corrected chi connectivity index (χ0v) is 11.5. The second kappa shape index (κ2) is 5.23. The third-order valence-corrected chi connectivity index (χ3v) is 3.40. The molecule has 4 nitrogen and oxygen atoms in total. The normalized spacial score (nSPS) is 10.3. The van der Waals surface area contributed by atoms with Crippen molar-refractivity contribution in [2.75, 3.05) is 5.75 Å². The van der Waals surface area contributed by atoms with Crippen molar-refractivity contribution in [3.05, 3.63) is 28.8 Å². The maximum absolute atomic E-state index is 5.26. The molecule has 0 aliphatic carbocycles. The highest BCUT2D eigenvalue weighted by Gasteiger charge is 2.13. The quantitative estimate of drug-likeness (QED) is 0.626. The predicted octanol–water partition coefficient (Wildman–Crippen LogP) is 2.31. The summed E-state index contributed by atoms with van der Waals surface area (Å²) in [6.07, 6.45) is 5.26. The van der Waals surface area contributed by atoms with Gasteiger partial charge >= 0.3 is 0 Å². The van der Waals surface area contributed by atoms with Crippen LogP contribution in [0.4, 0.5) is 0 Å². The average Bonchev–Trinajstić information content (AvgIpc) is 2.73. The first-order valence-electron chi connectivity index (χ1n) is 5.56. The first kappa shape index (κ1) is 12.7. The molecule has 2 rings (SSSR count). The van der Waals surface area contributed by atoms with Crippen molar-refractivity contribution < 1.29 is 0 Å². The second-order valence-electron chi connectivity index (χ2n) is 4.11. The molecule has 1 aromatic heterocycles. The molecule has 0 aliphatic heterocycles. The average molecular weight is 258 g/mol. The van der Waals surface area contributed by atoms with Crippen molar-refractivity contribution in [3.8, 4) is 18.0 Å². The summed E-state index contributed by atoms with van der Waals surface area (Å²) >= 11 is 1.46. The third kappa shape index (κ3) is 2.39. The van der Waals surface area contributed by atoms with E-state index < -0.39 is 0 Å². The highest BCUT2D eigenvalue weighted by molar-refractivity contribution is 7.99. The first-order valence-corrected chi connectivity index (χ1v) is 6.55. The Morgan fingerprint density at radius 2 is 1.94 bits per heavy atom. The molecule has 0 fully saturated rings. The number of nitrogens with zero attached hydrogens (tertiary/aromatic N) is 4. The summed E-state index contributed by atoms with van der Waals surface area (Å²) in [7, 11) is 0. The van der Waals surface area contributed by atoms with Gasteiger partial charge in [0.15, 0.2) is 0 Å². The van der Waals surface area contributed by atoms with Crippen LogP contribution in [-0.2, 0) is 0 Å².